The summed E-state index contributed by atoms with van der Waals surface area (Å²) < 4.78 is 3.01. The van der Waals surface area contributed by atoms with E-state index in [9.17, 15) is 14.9 Å². The molecule has 0 radical (unpaired) electrons. The Bertz CT molecular complexity index is 696. The lowest BCUT2D eigenvalue weighted by molar-refractivity contribution is -0.385. The van der Waals surface area contributed by atoms with Crippen molar-refractivity contribution in [3.63, 3.8) is 0 Å². The van der Waals surface area contributed by atoms with Crippen molar-refractivity contribution in [1.82, 2.24) is 24.9 Å². The molecule has 0 aliphatic carbocycles. The van der Waals surface area contributed by atoms with E-state index in [1.165, 1.54) is 10.9 Å². The van der Waals surface area contributed by atoms with Gasteiger partial charge in [-0.2, -0.15) is 10.2 Å². The fourth-order valence-electron chi connectivity index (χ4n) is 1.93. The molecule has 22 heavy (non-hydrogen) atoms. The number of hydrogen-bond donors (Lipinski definition) is 1. The zero-order chi connectivity index (χ0) is 16.5. The first-order valence-electron chi connectivity index (χ1n) is 6.69. The van der Waals surface area contributed by atoms with Crippen LogP contribution in [0.25, 0.3) is 0 Å². The number of nitro groups is 1. The van der Waals surface area contributed by atoms with E-state index in [1.54, 1.807) is 18.5 Å². The van der Waals surface area contributed by atoms with Crippen molar-refractivity contribution in [3.05, 3.63) is 40.0 Å². The van der Waals surface area contributed by atoms with E-state index in [4.69, 9.17) is 0 Å². The summed E-state index contributed by atoms with van der Waals surface area (Å²) >= 11 is 0. The Hall–Kier alpha value is -2.71. The summed E-state index contributed by atoms with van der Waals surface area (Å²) in [6, 6.07) is 1.88. The number of aromatic nitrogens is 4. The van der Waals surface area contributed by atoms with E-state index in [2.05, 4.69) is 15.5 Å². The van der Waals surface area contributed by atoms with Gasteiger partial charge in [0.1, 0.15) is 17.9 Å². The minimum atomic E-state index is -1.04. The lowest BCUT2D eigenvalue weighted by atomic mass is 10.1. The SMILES string of the molecule is Cc1cc(CNC(=O)C(C)(C)n2cc([N+](=O)[O-])cn2)nn1C. The first-order valence-corrected chi connectivity index (χ1v) is 6.69. The third kappa shape index (κ3) is 2.97. The highest BCUT2D eigenvalue weighted by Crippen LogP contribution is 2.18. The Balaban J connectivity index is 2.07. The fourth-order valence-corrected chi connectivity index (χ4v) is 1.93. The van der Waals surface area contributed by atoms with Gasteiger partial charge in [0.15, 0.2) is 0 Å². The van der Waals surface area contributed by atoms with E-state index in [0.29, 0.717) is 0 Å². The molecule has 0 bridgehead atoms. The number of hydrogen-bond acceptors (Lipinski definition) is 5. The Morgan fingerprint density at radius 1 is 1.50 bits per heavy atom. The molecule has 0 aliphatic rings. The van der Waals surface area contributed by atoms with Crippen LogP contribution in [0.15, 0.2) is 18.5 Å². The van der Waals surface area contributed by atoms with Gasteiger partial charge in [-0.3, -0.25) is 24.3 Å². The summed E-state index contributed by atoms with van der Waals surface area (Å²) in [4.78, 5) is 22.5. The summed E-state index contributed by atoms with van der Waals surface area (Å²) in [6.07, 6.45) is 2.36. The van der Waals surface area contributed by atoms with E-state index in [0.717, 1.165) is 17.6 Å². The van der Waals surface area contributed by atoms with Gasteiger partial charge in [0, 0.05) is 12.7 Å². The summed E-state index contributed by atoms with van der Waals surface area (Å²) in [5.74, 6) is -0.297. The van der Waals surface area contributed by atoms with Crippen LogP contribution in [0.2, 0.25) is 0 Å². The van der Waals surface area contributed by atoms with Crippen LogP contribution in [0.3, 0.4) is 0 Å². The van der Waals surface area contributed by atoms with Crippen LogP contribution in [0.1, 0.15) is 25.2 Å². The normalized spacial score (nSPS) is 11.5. The van der Waals surface area contributed by atoms with Crippen molar-refractivity contribution in [2.24, 2.45) is 7.05 Å². The molecule has 2 rings (SSSR count). The average molecular weight is 306 g/mol. The number of rotatable bonds is 5. The Labute approximate surface area is 127 Å². The molecule has 0 aromatic carbocycles. The molecule has 0 fully saturated rings. The van der Waals surface area contributed by atoms with Gasteiger partial charge in [-0.1, -0.05) is 0 Å². The van der Waals surface area contributed by atoms with Crippen molar-refractivity contribution in [2.45, 2.75) is 32.9 Å². The van der Waals surface area contributed by atoms with Crippen LogP contribution < -0.4 is 5.32 Å². The average Bonchev–Trinajstić information content (AvgIpc) is 3.04. The van der Waals surface area contributed by atoms with Gasteiger partial charge in [0.05, 0.1) is 17.2 Å². The summed E-state index contributed by atoms with van der Waals surface area (Å²) in [6.45, 7) is 5.49. The van der Waals surface area contributed by atoms with Gasteiger partial charge in [-0.25, -0.2) is 0 Å². The predicted molar refractivity (Wildman–Crippen MR) is 78.0 cm³/mol. The number of nitrogens with zero attached hydrogens (tertiary/aromatic N) is 5. The van der Waals surface area contributed by atoms with Crippen molar-refractivity contribution >= 4 is 11.6 Å². The van der Waals surface area contributed by atoms with Crippen molar-refractivity contribution < 1.29 is 9.72 Å². The number of nitrogens with one attached hydrogen (secondary N) is 1. The first kappa shape index (κ1) is 15.7. The van der Waals surface area contributed by atoms with Gasteiger partial charge in [0.2, 0.25) is 5.91 Å². The van der Waals surface area contributed by atoms with Gasteiger partial charge >= 0.3 is 5.69 Å². The molecule has 0 spiro atoms. The number of aryl methyl sites for hydroxylation is 2. The largest absolute Gasteiger partial charge is 0.348 e. The van der Waals surface area contributed by atoms with Crippen LogP contribution in [0.4, 0.5) is 5.69 Å². The Morgan fingerprint density at radius 3 is 2.68 bits per heavy atom. The molecule has 118 valence electrons. The zero-order valence-corrected chi connectivity index (χ0v) is 12.9. The second-order valence-electron chi connectivity index (χ2n) is 5.54. The standard InChI is InChI=1S/C13H18N6O3/c1-9-5-10(16-17(9)4)6-14-12(20)13(2,3)18-8-11(7-15-18)19(21)22/h5,7-8H,6H2,1-4H3,(H,14,20). The molecule has 2 aromatic rings. The molecule has 1 N–H and O–H groups in total. The summed E-state index contributed by atoms with van der Waals surface area (Å²) in [5, 5.41) is 21.6. The van der Waals surface area contributed by atoms with E-state index < -0.39 is 10.5 Å². The van der Waals surface area contributed by atoms with Crippen LogP contribution in [0.5, 0.6) is 0 Å². The van der Waals surface area contributed by atoms with Crippen molar-refractivity contribution in [3.8, 4) is 0 Å². The molecular formula is C13H18N6O3. The van der Waals surface area contributed by atoms with Crippen LogP contribution in [-0.4, -0.2) is 30.4 Å². The number of amides is 1. The van der Waals surface area contributed by atoms with Gasteiger partial charge in [-0.15, -0.1) is 0 Å². The van der Waals surface area contributed by atoms with Crippen molar-refractivity contribution in [2.75, 3.05) is 0 Å². The predicted octanol–water partition coefficient (Wildman–Crippen LogP) is 0.885. The highest BCUT2D eigenvalue weighted by molar-refractivity contribution is 5.83. The van der Waals surface area contributed by atoms with Crippen molar-refractivity contribution in [1.29, 1.82) is 0 Å². The highest BCUT2D eigenvalue weighted by Gasteiger charge is 2.31. The molecule has 9 nitrogen and oxygen atoms in total. The molecule has 1 amide bonds. The van der Waals surface area contributed by atoms with E-state index >= 15 is 0 Å². The minimum Gasteiger partial charge on any atom is -0.348 e. The molecular weight excluding hydrogens is 288 g/mol. The maximum absolute atomic E-state index is 12.3. The monoisotopic (exact) mass is 306 g/mol. The summed E-state index contributed by atoms with van der Waals surface area (Å²) in [7, 11) is 1.83. The van der Waals surface area contributed by atoms with Gasteiger partial charge < -0.3 is 5.32 Å². The molecule has 2 heterocycles. The zero-order valence-electron chi connectivity index (χ0n) is 12.9. The minimum absolute atomic E-state index is 0.152. The lowest BCUT2D eigenvalue weighted by Gasteiger charge is -2.23. The van der Waals surface area contributed by atoms with Gasteiger partial charge in [0.25, 0.3) is 0 Å². The van der Waals surface area contributed by atoms with Crippen LogP contribution in [0, 0.1) is 17.0 Å². The second-order valence-corrected chi connectivity index (χ2v) is 5.54. The topological polar surface area (TPSA) is 108 Å². The number of carbonyl (C=O) groups excluding carboxylic acids is 1. The smallest absolute Gasteiger partial charge is 0.307 e. The summed E-state index contributed by atoms with van der Waals surface area (Å²) in [5.41, 5.74) is 0.543. The van der Waals surface area contributed by atoms with Gasteiger partial charge in [-0.05, 0) is 26.8 Å². The molecule has 0 saturated carbocycles. The molecule has 2 aromatic heterocycles. The van der Waals surface area contributed by atoms with Crippen LogP contribution >= 0.6 is 0 Å². The molecule has 9 heteroatoms. The third-order valence-corrected chi connectivity index (χ3v) is 3.50. The molecule has 0 aliphatic heterocycles. The molecule has 0 atom stereocenters. The van der Waals surface area contributed by atoms with E-state index in [1.807, 2.05) is 20.0 Å². The lowest BCUT2D eigenvalue weighted by Crippen LogP contribution is -2.44. The highest BCUT2D eigenvalue weighted by atomic mass is 16.6. The Morgan fingerprint density at radius 2 is 2.18 bits per heavy atom. The maximum atomic E-state index is 12.3. The van der Waals surface area contributed by atoms with Crippen LogP contribution in [-0.2, 0) is 23.9 Å². The number of carbonyl (C=O) groups is 1. The quantitative estimate of drug-likeness (QED) is 0.651. The molecule has 0 unspecified atom stereocenters. The fraction of sp³-hybridized carbons (Fsp3) is 0.462. The van der Waals surface area contributed by atoms with E-state index in [-0.39, 0.29) is 18.1 Å². The first-order chi connectivity index (χ1) is 10.2. The third-order valence-electron chi connectivity index (χ3n) is 3.50. The maximum Gasteiger partial charge on any atom is 0.307 e. The Kier molecular flexibility index (Phi) is 3.98. The molecule has 0 saturated heterocycles. The second kappa shape index (κ2) is 5.58.